The number of anilines is 1. The summed E-state index contributed by atoms with van der Waals surface area (Å²) in [7, 11) is 0. The summed E-state index contributed by atoms with van der Waals surface area (Å²) in [6.07, 6.45) is 0. The molecule has 1 heterocycles. The van der Waals surface area contributed by atoms with Gasteiger partial charge in [-0.1, -0.05) is 11.8 Å². The number of hydrogen-bond donors (Lipinski definition) is 1. The van der Waals surface area contributed by atoms with Crippen molar-refractivity contribution >= 4 is 17.3 Å². The third-order valence-electron chi connectivity index (χ3n) is 2.54. The summed E-state index contributed by atoms with van der Waals surface area (Å²) in [6.45, 7) is 2.05. The van der Waals surface area contributed by atoms with Gasteiger partial charge in [-0.05, 0) is 0 Å². The molecule has 0 aliphatic carbocycles. The van der Waals surface area contributed by atoms with Crippen LogP contribution in [0, 0.1) is 16.8 Å². The highest BCUT2D eigenvalue weighted by Crippen LogP contribution is 2.21. The van der Waals surface area contributed by atoms with E-state index in [4.69, 9.17) is 5.73 Å². The maximum atomic E-state index is 11.5. The maximum Gasteiger partial charge on any atom is 0.266 e. The molecule has 2 rings (SSSR count). The molecule has 0 radical (unpaired) electrons. The minimum Gasteiger partial charge on any atom is -0.557 e. The molecule has 3 N–H and O–H groups in total. The zero-order valence-corrected chi connectivity index (χ0v) is 10.0. The number of nitrogens with two attached hydrogens (primary N) is 1. The van der Waals surface area contributed by atoms with E-state index in [1.165, 1.54) is 23.8 Å². The lowest BCUT2D eigenvalue weighted by Gasteiger charge is -2.24. The number of ether oxygens (including phenoxy) is 1. The summed E-state index contributed by atoms with van der Waals surface area (Å²) in [5, 5.41) is 11.3. The van der Waals surface area contributed by atoms with Gasteiger partial charge in [0.05, 0.1) is 0 Å². The molecule has 1 aromatic rings. The number of amides is 1. The SMILES string of the molecule is NCCN=c1ccc(N2[CH-][OH+]CC2=O)c[c-]1[N+](=O)[O-]. The molecule has 1 amide bonds. The Labute approximate surface area is 108 Å². The molecule has 0 spiro atoms. The van der Waals surface area contributed by atoms with Gasteiger partial charge in [0.25, 0.3) is 5.91 Å². The molecule has 8 nitrogen and oxygen atoms in total. The van der Waals surface area contributed by atoms with Crippen molar-refractivity contribution in [3.63, 3.8) is 0 Å². The molecule has 19 heavy (non-hydrogen) atoms. The average Bonchev–Trinajstić information content (AvgIpc) is 2.82. The van der Waals surface area contributed by atoms with Crippen LogP contribution in [0.25, 0.3) is 0 Å². The van der Waals surface area contributed by atoms with Gasteiger partial charge >= 0.3 is 0 Å². The molecule has 1 aliphatic rings. The van der Waals surface area contributed by atoms with E-state index >= 15 is 0 Å². The van der Waals surface area contributed by atoms with E-state index in [9.17, 15) is 14.9 Å². The van der Waals surface area contributed by atoms with Gasteiger partial charge in [-0.2, -0.15) is 0 Å². The highest BCUT2D eigenvalue weighted by atomic mass is 16.6. The number of benzene rings is 1. The Morgan fingerprint density at radius 3 is 3.00 bits per heavy atom. The lowest BCUT2D eigenvalue weighted by Crippen LogP contribution is -2.23. The molecule has 0 saturated carbocycles. The fraction of sp³-hybridized carbons (Fsp3) is 0.273. The topological polar surface area (TPSA) is 115 Å². The van der Waals surface area contributed by atoms with Crippen LogP contribution in [-0.4, -0.2) is 35.3 Å². The molecule has 1 fully saturated rings. The van der Waals surface area contributed by atoms with Crippen LogP contribution in [0.1, 0.15) is 0 Å². The van der Waals surface area contributed by atoms with Crippen LogP contribution < -0.4 is 16.0 Å². The van der Waals surface area contributed by atoms with Crippen LogP contribution in [0.15, 0.2) is 23.2 Å². The Morgan fingerprint density at radius 1 is 1.63 bits per heavy atom. The third-order valence-corrected chi connectivity index (χ3v) is 2.54. The number of nitro groups is 1. The van der Waals surface area contributed by atoms with Crippen molar-refractivity contribution in [1.82, 2.24) is 0 Å². The van der Waals surface area contributed by atoms with Gasteiger partial charge in [0.2, 0.25) is 0 Å². The van der Waals surface area contributed by atoms with Crippen molar-refractivity contribution in [2.24, 2.45) is 10.7 Å². The van der Waals surface area contributed by atoms with Crippen LogP contribution in [0.2, 0.25) is 0 Å². The predicted molar refractivity (Wildman–Crippen MR) is 67.0 cm³/mol. The third kappa shape index (κ3) is 2.80. The largest absolute Gasteiger partial charge is 0.557 e. The summed E-state index contributed by atoms with van der Waals surface area (Å²) in [5.74, 6) is -0.221. The average molecular weight is 265 g/mol. The van der Waals surface area contributed by atoms with E-state index in [1.54, 1.807) is 6.07 Å². The maximum absolute atomic E-state index is 11.5. The number of aliphatic hydroxyl groups is 2. The summed E-state index contributed by atoms with van der Waals surface area (Å²) < 4.78 is 3.81. The number of nitrogens with zero attached hydrogens (tertiary/aromatic N) is 3. The number of nitro benzene ring substituents is 1. The zero-order chi connectivity index (χ0) is 13.8. The van der Waals surface area contributed by atoms with E-state index in [0.717, 1.165) is 0 Å². The standard InChI is InChI=1S/C11H13N4O4/c12-3-4-13-9-2-1-8(5-10(9)15(17)18)14-7-19-6-11(14)16/h1-2,5,7,19H,3-4,6,12H2/q-1. The first-order chi connectivity index (χ1) is 9.13. The monoisotopic (exact) mass is 265 g/mol. The first-order valence-electron chi connectivity index (χ1n) is 5.61. The number of carbonyl (C=O) groups is 1. The van der Waals surface area contributed by atoms with Crippen LogP contribution in [-0.2, 0) is 4.79 Å². The van der Waals surface area contributed by atoms with Crippen molar-refractivity contribution in [1.29, 1.82) is 0 Å². The van der Waals surface area contributed by atoms with Crippen LogP contribution in [0.4, 0.5) is 11.4 Å². The number of non-ortho nitro benzene ring substituents is 1. The van der Waals surface area contributed by atoms with Gasteiger partial charge in [-0.25, -0.2) is 0 Å². The lowest BCUT2D eigenvalue weighted by molar-refractivity contribution is -0.386. The van der Waals surface area contributed by atoms with Crippen molar-refractivity contribution in [2.45, 2.75) is 0 Å². The fourth-order valence-electron chi connectivity index (χ4n) is 1.68. The minimum absolute atomic E-state index is 0.0626. The van der Waals surface area contributed by atoms with Gasteiger partial charge in [0, 0.05) is 30.1 Å². The smallest absolute Gasteiger partial charge is 0.266 e. The second-order valence-corrected chi connectivity index (χ2v) is 3.82. The zero-order valence-electron chi connectivity index (χ0n) is 10.0. The molecule has 1 saturated heterocycles. The van der Waals surface area contributed by atoms with Gasteiger partial charge in [-0.3, -0.25) is 14.9 Å². The van der Waals surface area contributed by atoms with E-state index in [1.807, 2.05) is 0 Å². The highest BCUT2D eigenvalue weighted by Gasteiger charge is 2.16. The molecule has 0 unspecified atom stereocenters. The Hall–Kier alpha value is -2.19. The second kappa shape index (κ2) is 5.63. The van der Waals surface area contributed by atoms with Crippen LogP contribution in [0.3, 0.4) is 0 Å². The van der Waals surface area contributed by atoms with Crippen molar-refractivity contribution < 1.29 is 14.5 Å². The molecular weight excluding hydrogens is 252 g/mol. The minimum atomic E-state index is -0.531. The van der Waals surface area contributed by atoms with Gasteiger partial charge < -0.3 is 20.4 Å². The lowest BCUT2D eigenvalue weighted by atomic mass is 10.2. The van der Waals surface area contributed by atoms with E-state index in [2.05, 4.69) is 9.73 Å². The van der Waals surface area contributed by atoms with Crippen molar-refractivity contribution in [3.8, 4) is 0 Å². The Balaban J connectivity index is 2.41. The van der Waals surface area contributed by atoms with Crippen molar-refractivity contribution in [3.05, 3.63) is 40.4 Å². The fourth-order valence-corrected chi connectivity index (χ4v) is 1.68. The first-order valence-corrected chi connectivity index (χ1v) is 5.61. The number of carbonyl (C=O) groups excluding carboxylic acids is 1. The molecule has 0 bridgehead atoms. The summed E-state index contributed by atoms with van der Waals surface area (Å²) in [6, 6.07) is 4.41. The molecule has 0 atom stereocenters. The normalized spacial score (nSPS) is 16.2. The molecule has 0 aromatic heterocycles. The van der Waals surface area contributed by atoms with Crippen LogP contribution in [0.5, 0.6) is 0 Å². The predicted octanol–water partition coefficient (Wildman–Crippen LogP) is -0.833. The van der Waals surface area contributed by atoms with E-state index in [-0.39, 0.29) is 23.6 Å². The first kappa shape index (κ1) is 13.2. The Kier molecular flexibility index (Phi) is 3.93. The Bertz CT molecular complexity index is 566. The number of hydrogen-bond acceptors (Lipinski definition) is 5. The number of rotatable bonds is 4. The quantitative estimate of drug-likeness (QED) is 0.331. The molecule has 8 heteroatoms. The highest BCUT2D eigenvalue weighted by molar-refractivity contribution is 5.96. The van der Waals surface area contributed by atoms with E-state index < -0.39 is 4.92 Å². The van der Waals surface area contributed by atoms with Gasteiger partial charge in [0.1, 0.15) is 0 Å². The molecule has 1 aromatic carbocycles. The molecule has 1 aliphatic heterocycles. The van der Waals surface area contributed by atoms with Gasteiger partial charge in [-0.15, -0.1) is 12.1 Å². The Morgan fingerprint density at radius 2 is 2.42 bits per heavy atom. The molecular formula is C11H13N4O4-. The van der Waals surface area contributed by atoms with Gasteiger partial charge in [0.15, 0.2) is 12.3 Å². The summed E-state index contributed by atoms with van der Waals surface area (Å²) in [4.78, 5) is 27.3. The molecule has 102 valence electrons. The van der Waals surface area contributed by atoms with Crippen LogP contribution >= 0.6 is 0 Å². The van der Waals surface area contributed by atoms with E-state index in [0.29, 0.717) is 18.8 Å². The van der Waals surface area contributed by atoms with Crippen molar-refractivity contribution in [2.75, 3.05) is 24.6 Å². The second-order valence-electron chi connectivity index (χ2n) is 3.82. The summed E-state index contributed by atoms with van der Waals surface area (Å²) >= 11 is 0. The summed E-state index contributed by atoms with van der Waals surface area (Å²) in [5.41, 5.74) is 5.57.